The van der Waals surface area contributed by atoms with Crippen LogP contribution in [0.4, 0.5) is 0 Å². The van der Waals surface area contributed by atoms with Crippen molar-refractivity contribution in [2.45, 2.75) is 83.8 Å². The average Bonchev–Trinajstić information content (AvgIpc) is 2.68. The van der Waals surface area contributed by atoms with Gasteiger partial charge in [0.25, 0.3) is 0 Å². The van der Waals surface area contributed by atoms with Gasteiger partial charge in [-0.2, -0.15) is 0 Å². The lowest BCUT2D eigenvalue weighted by Crippen LogP contribution is -2.53. The van der Waals surface area contributed by atoms with Crippen molar-refractivity contribution in [1.82, 2.24) is 4.90 Å². The topological polar surface area (TPSA) is 86.8 Å². The Labute approximate surface area is 171 Å². The van der Waals surface area contributed by atoms with Gasteiger partial charge in [-0.3, -0.25) is 4.79 Å². The summed E-state index contributed by atoms with van der Waals surface area (Å²) in [6, 6.07) is 0. The van der Waals surface area contributed by atoms with E-state index in [9.17, 15) is 15.0 Å². The van der Waals surface area contributed by atoms with Crippen LogP contribution >= 0.6 is 0 Å². The molecule has 4 N–H and O–H groups in total. The largest absolute Gasteiger partial charge is 0.392 e. The van der Waals surface area contributed by atoms with Crippen LogP contribution in [0.15, 0.2) is 0 Å². The third-order valence-electron chi connectivity index (χ3n) is 8.04. The fourth-order valence-electron chi connectivity index (χ4n) is 6.28. The molecule has 3 aliphatic rings. The van der Waals surface area contributed by atoms with Gasteiger partial charge in [0.2, 0.25) is 5.91 Å². The number of nitrogens with two attached hydrogens (primary N) is 1. The van der Waals surface area contributed by atoms with E-state index < -0.39 is 11.7 Å². The molecule has 1 aliphatic heterocycles. The van der Waals surface area contributed by atoms with Gasteiger partial charge in [0.15, 0.2) is 0 Å². The molecule has 1 heterocycles. The Morgan fingerprint density at radius 2 is 1.75 bits per heavy atom. The third-order valence-corrected chi connectivity index (χ3v) is 8.04. The van der Waals surface area contributed by atoms with E-state index in [4.69, 9.17) is 5.73 Å². The van der Waals surface area contributed by atoms with Crippen molar-refractivity contribution < 1.29 is 15.0 Å². The number of piperidine rings is 1. The smallest absolute Gasteiger partial charge is 0.228 e. The monoisotopic (exact) mass is 394 g/mol. The molecular formula is C23H42N2O3. The van der Waals surface area contributed by atoms with Crippen molar-refractivity contribution in [3.8, 4) is 0 Å². The van der Waals surface area contributed by atoms with Gasteiger partial charge in [-0.15, -0.1) is 0 Å². The molecular weight excluding hydrogens is 352 g/mol. The number of hydrogen-bond donors (Lipinski definition) is 3. The minimum absolute atomic E-state index is 0.107. The highest BCUT2D eigenvalue weighted by molar-refractivity contribution is 5.79. The lowest BCUT2D eigenvalue weighted by molar-refractivity contribution is -0.153. The zero-order chi connectivity index (χ0) is 20.5. The molecule has 0 radical (unpaired) electrons. The Morgan fingerprint density at radius 1 is 1.07 bits per heavy atom. The first-order valence-corrected chi connectivity index (χ1v) is 11.6. The van der Waals surface area contributed by atoms with Crippen LogP contribution in [-0.2, 0) is 4.79 Å². The third kappa shape index (κ3) is 4.91. The van der Waals surface area contributed by atoms with Crippen molar-refractivity contribution in [2.24, 2.45) is 41.2 Å². The van der Waals surface area contributed by atoms with Crippen molar-refractivity contribution >= 4 is 5.91 Å². The van der Waals surface area contributed by atoms with Crippen LogP contribution in [0.3, 0.4) is 0 Å². The lowest BCUT2D eigenvalue weighted by atomic mass is 9.67. The first kappa shape index (κ1) is 22.0. The molecule has 5 nitrogen and oxygen atoms in total. The summed E-state index contributed by atoms with van der Waals surface area (Å²) in [6.07, 6.45) is 8.10. The number of nitrogens with zero attached hydrogens (tertiary/aromatic N) is 1. The van der Waals surface area contributed by atoms with Gasteiger partial charge in [0.1, 0.15) is 0 Å². The summed E-state index contributed by atoms with van der Waals surface area (Å²) in [6.45, 7) is 8.09. The number of carbonyl (C=O) groups is 1. The van der Waals surface area contributed by atoms with Crippen molar-refractivity contribution in [3.05, 3.63) is 0 Å². The van der Waals surface area contributed by atoms with E-state index in [-0.39, 0.29) is 17.7 Å². The Kier molecular flexibility index (Phi) is 7.09. The Hall–Kier alpha value is -0.650. The second-order valence-corrected chi connectivity index (χ2v) is 10.6. The molecule has 6 atom stereocenters. The average molecular weight is 395 g/mol. The van der Waals surface area contributed by atoms with E-state index in [0.29, 0.717) is 11.8 Å². The molecule has 6 unspecified atom stereocenters. The minimum Gasteiger partial charge on any atom is -0.392 e. The molecule has 2 saturated carbocycles. The first-order chi connectivity index (χ1) is 13.2. The number of carbonyl (C=O) groups excluding carboxylic acids is 1. The zero-order valence-electron chi connectivity index (χ0n) is 18.1. The molecule has 28 heavy (non-hydrogen) atoms. The maximum Gasteiger partial charge on any atom is 0.228 e. The van der Waals surface area contributed by atoms with Gasteiger partial charge < -0.3 is 20.8 Å². The molecule has 0 aromatic heterocycles. The maximum atomic E-state index is 13.2. The summed E-state index contributed by atoms with van der Waals surface area (Å²) in [5.74, 6) is 2.04. The van der Waals surface area contributed by atoms with E-state index >= 15 is 0 Å². The van der Waals surface area contributed by atoms with E-state index in [1.807, 2.05) is 4.90 Å². The predicted octanol–water partition coefficient (Wildman–Crippen LogP) is 2.78. The number of likely N-dealkylation sites (tertiary alicyclic amines) is 1. The molecule has 0 bridgehead atoms. The molecule has 162 valence electrons. The standard InChI is InChI=1S/C23H42N2O3/c1-15-11-19(21(26)20(12-15)23(2,3)28)22(27)25-9-7-17(8-10-25)18-6-4-5-16(13-18)14-24/h15-21,26,28H,4-14,24H2,1-3H3. The van der Waals surface area contributed by atoms with Gasteiger partial charge in [-0.1, -0.05) is 19.8 Å². The number of hydrogen-bond acceptors (Lipinski definition) is 4. The normalized spacial score (nSPS) is 38.4. The van der Waals surface area contributed by atoms with E-state index in [1.54, 1.807) is 13.8 Å². The second kappa shape index (κ2) is 9.01. The molecule has 1 amide bonds. The van der Waals surface area contributed by atoms with Gasteiger partial charge in [0.05, 0.1) is 17.6 Å². The highest BCUT2D eigenvalue weighted by Gasteiger charge is 2.46. The van der Waals surface area contributed by atoms with E-state index in [1.165, 1.54) is 25.7 Å². The van der Waals surface area contributed by atoms with E-state index in [2.05, 4.69) is 6.92 Å². The summed E-state index contributed by atoms with van der Waals surface area (Å²) in [4.78, 5) is 15.2. The van der Waals surface area contributed by atoms with Crippen molar-refractivity contribution in [1.29, 1.82) is 0 Å². The summed E-state index contributed by atoms with van der Waals surface area (Å²) in [5, 5.41) is 21.3. The molecule has 2 aliphatic carbocycles. The zero-order valence-corrected chi connectivity index (χ0v) is 18.1. The summed E-state index contributed by atoms with van der Waals surface area (Å²) in [7, 11) is 0. The predicted molar refractivity (Wildman–Crippen MR) is 111 cm³/mol. The van der Waals surface area contributed by atoms with Crippen LogP contribution in [0.2, 0.25) is 0 Å². The number of aliphatic hydroxyl groups is 2. The molecule has 3 rings (SSSR count). The van der Waals surface area contributed by atoms with Crippen LogP contribution in [0.1, 0.15) is 72.1 Å². The number of aliphatic hydroxyl groups excluding tert-OH is 1. The van der Waals surface area contributed by atoms with Crippen molar-refractivity contribution in [3.63, 3.8) is 0 Å². The van der Waals surface area contributed by atoms with E-state index in [0.717, 1.165) is 57.2 Å². The van der Waals surface area contributed by atoms with Crippen LogP contribution < -0.4 is 5.73 Å². The molecule has 3 fully saturated rings. The highest BCUT2D eigenvalue weighted by atomic mass is 16.3. The minimum atomic E-state index is -0.958. The molecule has 0 aromatic carbocycles. The summed E-state index contributed by atoms with van der Waals surface area (Å²) >= 11 is 0. The van der Waals surface area contributed by atoms with Gasteiger partial charge in [0, 0.05) is 19.0 Å². The van der Waals surface area contributed by atoms with Gasteiger partial charge >= 0.3 is 0 Å². The number of amides is 1. The Morgan fingerprint density at radius 3 is 2.36 bits per heavy atom. The number of rotatable bonds is 4. The maximum absolute atomic E-state index is 13.2. The van der Waals surface area contributed by atoms with Crippen LogP contribution in [0.25, 0.3) is 0 Å². The van der Waals surface area contributed by atoms with Crippen LogP contribution in [-0.4, -0.2) is 52.4 Å². The molecule has 0 aromatic rings. The molecule has 5 heteroatoms. The Balaban J connectivity index is 1.57. The van der Waals surface area contributed by atoms with Gasteiger partial charge in [-0.05, 0) is 82.6 Å². The SMILES string of the molecule is CC1CC(C(=O)N2CCC(C3CCCC(CN)C3)CC2)C(O)C(C(C)(C)O)C1. The molecule has 1 saturated heterocycles. The molecule has 0 spiro atoms. The highest BCUT2D eigenvalue weighted by Crippen LogP contribution is 2.41. The second-order valence-electron chi connectivity index (χ2n) is 10.6. The summed E-state index contributed by atoms with van der Waals surface area (Å²) < 4.78 is 0. The van der Waals surface area contributed by atoms with Gasteiger partial charge in [-0.25, -0.2) is 0 Å². The quantitative estimate of drug-likeness (QED) is 0.684. The fraction of sp³-hybridized carbons (Fsp3) is 0.957. The lowest BCUT2D eigenvalue weighted by Gasteiger charge is -2.45. The fourth-order valence-corrected chi connectivity index (χ4v) is 6.28. The van der Waals surface area contributed by atoms with Crippen molar-refractivity contribution in [2.75, 3.05) is 19.6 Å². The van der Waals surface area contributed by atoms with Crippen LogP contribution in [0, 0.1) is 35.5 Å². The first-order valence-electron chi connectivity index (χ1n) is 11.6. The Bertz CT molecular complexity index is 524. The summed E-state index contributed by atoms with van der Waals surface area (Å²) in [5.41, 5.74) is 4.95. The van der Waals surface area contributed by atoms with Crippen LogP contribution in [0.5, 0.6) is 0 Å².